The van der Waals surface area contributed by atoms with E-state index in [1.165, 1.54) is 12.1 Å². The lowest BCUT2D eigenvalue weighted by Gasteiger charge is -2.36. The van der Waals surface area contributed by atoms with Crippen LogP contribution in [0.2, 0.25) is 0 Å². The van der Waals surface area contributed by atoms with Gasteiger partial charge in [0.1, 0.15) is 51.3 Å². The molecule has 10 rings (SSSR count). The average molecular weight is 1070 g/mol. The molecule has 0 radical (unpaired) electrons. The largest absolute Gasteiger partial charge is 0.444 e. The van der Waals surface area contributed by atoms with Gasteiger partial charge in [-0.15, -0.1) is 12.4 Å². The van der Waals surface area contributed by atoms with Crippen LogP contribution in [-0.4, -0.2) is 118 Å². The molecule has 0 bridgehead atoms. The Balaban J connectivity index is 0.000000202. The molecule has 8 heterocycles. The van der Waals surface area contributed by atoms with Crippen molar-refractivity contribution in [1.82, 2.24) is 59.2 Å². The molecule has 23 heteroatoms. The molecule has 76 heavy (non-hydrogen) atoms. The van der Waals surface area contributed by atoms with Gasteiger partial charge in [0, 0.05) is 75.6 Å². The van der Waals surface area contributed by atoms with E-state index in [0.717, 1.165) is 49.9 Å². The maximum absolute atomic E-state index is 15.0. The van der Waals surface area contributed by atoms with Crippen LogP contribution in [0.4, 0.5) is 57.3 Å². The van der Waals surface area contributed by atoms with E-state index in [1.807, 2.05) is 89.6 Å². The third-order valence-electron chi connectivity index (χ3n) is 12.7. The van der Waals surface area contributed by atoms with Gasteiger partial charge in [-0.1, -0.05) is 0 Å². The summed E-state index contributed by atoms with van der Waals surface area (Å²) in [5.41, 5.74) is 3.65. The fourth-order valence-corrected chi connectivity index (χ4v) is 9.29. The van der Waals surface area contributed by atoms with Gasteiger partial charge in [-0.25, -0.2) is 62.2 Å². The Morgan fingerprint density at radius 3 is 1.42 bits per heavy atom. The topological polar surface area (TPSA) is 185 Å². The Hall–Kier alpha value is -7.72. The number of carbonyl (C=O) groups is 1. The molecule has 0 unspecified atom stereocenters. The number of amides is 1. The lowest BCUT2D eigenvalue weighted by atomic mass is 10.1. The number of hydrogen-bond donors (Lipinski definition) is 3. The first-order valence-corrected chi connectivity index (χ1v) is 24.9. The van der Waals surface area contributed by atoms with Crippen molar-refractivity contribution in [3.05, 3.63) is 108 Å². The second kappa shape index (κ2) is 22.6. The van der Waals surface area contributed by atoms with Crippen LogP contribution < -0.4 is 25.8 Å². The van der Waals surface area contributed by atoms with Gasteiger partial charge in [0.2, 0.25) is 11.9 Å². The maximum Gasteiger partial charge on any atom is 0.410 e. The van der Waals surface area contributed by atoms with Crippen LogP contribution in [-0.2, 0) is 4.74 Å². The maximum atomic E-state index is 15.0. The highest BCUT2D eigenvalue weighted by atomic mass is 35.5. The number of anilines is 6. The van der Waals surface area contributed by atoms with Gasteiger partial charge in [0.25, 0.3) is 0 Å². The highest BCUT2D eigenvalue weighted by Crippen LogP contribution is 2.33. The van der Waals surface area contributed by atoms with Crippen molar-refractivity contribution in [2.75, 3.05) is 72.8 Å². The van der Waals surface area contributed by atoms with Gasteiger partial charge in [0.05, 0.1) is 47.2 Å². The van der Waals surface area contributed by atoms with Crippen LogP contribution in [0.3, 0.4) is 0 Å². The zero-order valence-electron chi connectivity index (χ0n) is 43.8. The number of hydrogen-bond acceptors (Lipinski definition) is 15. The van der Waals surface area contributed by atoms with Crippen molar-refractivity contribution in [2.24, 2.45) is 0 Å². The second-order valence-corrected chi connectivity index (χ2v) is 19.9. The molecule has 3 N–H and O–H groups in total. The number of rotatable bonds is 10. The zero-order valence-corrected chi connectivity index (χ0v) is 44.6. The lowest BCUT2D eigenvalue weighted by molar-refractivity contribution is 0.0240. The number of nitrogens with zero attached hydrogens (tertiary/aromatic N) is 13. The number of pyridine rings is 2. The van der Waals surface area contributed by atoms with Gasteiger partial charge in [-0.3, -0.25) is 0 Å². The number of aromatic nitrogens is 10. The highest BCUT2D eigenvalue weighted by Gasteiger charge is 2.27. The summed E-state index contributed by atoms with van der Waals surface area (Å²) in [6.07, 6.45) is 5.32. The van der Waals surface area contributed by atoms with Crippen LogP contribution in [0.15, 0.2) is 73.3 Å². The fourth-order valence-electron chi connectivity index (χ4n) is 9.29. The summed E-state index contributed by atoms with van der Waals surface area (Å²) in [5.74, 6) is 0.298. The van der Waals surface area contributed by atoms with Crippen LogP contribution in [0, 0.1) is 37.1 Å². The van der Waals surface area contributed by atoms with Crippen LogP contribution in [0.1, 0.15) is 72.2 Å². The molecule has 6 aromatic heterocycles. The smallest absolute Gasteiger partial charge is 0.410 e. The summed E-state index contributed by atoms with van der Waals surface area (Å²) in [7, 11) is 0. The van der Waals surface area contributed by atoms with Crippen molar-refractivity contribution >= 4 is 75.5 Å². The van der Waals surface area contributed by atoms with Crippen LogP contribution in [0.5, 0.6) is 0 Å². The first kappa shape index (κ1) is 54.5. The van der Waals surface area contributed by atoms with E-state index in [4.69, 9.17) is 4.74 Å². The van der Waals surface area contributed by atoms with Crippen LogP contribution in [0.25, 0.3) is 44.6 Å². The average Bonchev–Trinajstić information content (AvgIpc) is 3.93. The molecular formula is C53H61ClF4N16O2. The summed E-state index contributed by atoms with van der Waals surface area (Å²) < 4.78 is 68.7. The Labute approximate surface area is 443 Å². The molecule has 400 valence electrons. The SMILES string of the molecule is Cc1nc2c(F)cc(-c3nc(Nc4ccc(N5CCN(C(=O)OC(C)(C)C)CC5)cn4)ncc3F)cc2n1C(C)C.Cc1nc2c(F)cc(-c3nc(Nc4ccc(N5CCNCC5)cn4)ncc3F)cc2n1C(C)C.Cl. The van der Waals surface area contributed by atoms with E-state index < -0.39 is 28.9 Å². The fraction of sp³-hybridized carbons (Fsp3) is 0.377. The number of nitrogens with one attached hydrogen (secondary N) is 3. The van der Waals surface area contributed by atoms with Gasteiger partial charge in [-0.2, -0.15) is 0 Å². The van der Waals surface area contributed by atoms with Gasteiger partial charge in [0.15, 0.2) is 23.3 Å². The Morgan fingerprint density at radius 1 is 0.592 bits per heavy atom. The monoisotopic (exact) mass is 1060 g/mol. The summed E-state index contributed by atoms with van der Waals surface area (Å²) in [6, 6.07) is 13.5. The molecule has 2 fully saturated rings. The van der Waals surface area contributed by atoms with Crippen LogP contribution >= 0.6 is 12.4 Å². The van der Waals surface area contributed by atoms with E-state index in [2.05, 4.69) is 65.6 Å². The first-order chi connectivity index (χ1) is 35.8. The van der Waals surface area contributed by atoms with Crippen molar-refractivity contribution in [1.29, 1.82) is 0 Å². The molecule has 0 spiro atoms. The standard InChI is InChI=1S/C29H34F2N8O2.C24H26F2N8.ClH/c1-17(2)39-18(3)34-26-21(30)13-19(14-23(26)39)25-22(31)16-33-27(36-25)35-24-8-7-20(15-32-24)37-9-11-38(12-10-37)28(40)41-29(4,5)6;1-14(2)34-15(3)30-23-18(25)10-16(11-20(23)34)22-19(26)13-29-24(32-22)31-21-5-4-17(12-28-21)33-8-6-27-7-9-33;/h7-8,13-17H,9-12H2,1-6H3,(H,32,33,35,36);4-5,10-14,27H,6-9H2,1-3H3,(H,28,29,31,32);1H. The molecule has 0 atom stereocenters. The minimum Gasteiger partial charge on any atom is -0.444 e. The third kappa shape index (κ3) is 12.0. The molecule has 2 saturated heterocycles. The number of piperazine rings is 2. The van der Waals surface area contributed by atoms with Crippen molar-refractivity contribution in [2.45, 2.75) is 80.0 Å². The third-order valence-corrected chi connectivity index (χ3v) is 12.7. The van der Waals surface area contributed by atoms with Crippen molar-refractivity contribution < 1.29 is 27.1 Å². The molecule has 8 aromatic rings. The number of halogens is 5. The van der Waals surface area contributed by atoms with Crippen molar-refractivity contribution in [3.8, 4) is 22.5 Å². The van der Waals surface area contributed by atoms with E-state index in [1.54, 1.807) is 35.5 Å². The Kier molecular flexibility index (Phi) is 16.2. The second-order valence-electron chi connectivity index (χ2n) is 19.9. The predicted octanol–water partition coefficient (Wildman–Crippen LogP) is 10.5. The molecule has 0 aliphatic carbocycles. The predicted molar refractivity (Wildman–Crippen MR) is 289 cm³/mol. The number of carbonyl (C=O) groups excluding carboxylic acids is 1. The van der Waals surface area contributed by atoms with E-state index >= 15 is 0 Å². The van der Waals surface area contributed by atoms with Gasteiger partial charge in [-0.05, 0) is 111 Å². The van der Waals surface area contributed by atoms with E-state index in [-0.39, 0.29) is 70.5 Å². The van der Waals surface area contributed by atoms with E-state index in [0.29, 0.717) is 66.1 Å². The molecule has 18 nitrogen and oxygen atoms in total. The molecular weight excluding hydrogens is 1000 g/mol. The molecule has 1 amide bonds. The molecule has 2 aliphatic rings. The highest BCUT2D eigenvalue weighted by molar-refractivity contribution is 5.86. The van der Waals surface area contributed by atoms with E-state index in [9.17, 15) is 22.4 Å². The number of benzene rings is 2. The summed E-state index contributed by atoms with van der Waals surface area (Å²) in [5, 5.41) is 9.34. The summed E-state index contributed by atoms with van der Waals surface area (Å²) >= 11 is 0. The first-order valence-electron chi connectivity index (χ1n) is 24.9. The number of imidazole rings is 2. The lowest BCUT2D eigenvalue weighted by Crippen LogP contribution is -2.50. The number of fused-ring (bicyclic) bond motifs is 2. The minimum absolute atomic E-state index is 0. The Bertz CT molecular complexity index is 3350. The molecule has 2 aromatic carbocycles. The zero-order chi connectivity index (χ0) is 53.3. The molecule has 0 saturated carbocycles. The minimum atomic E-state index is -0.671. The normalized spacial score (nSPS) is 14.0. The van der Waals surface area contributed by atoms with Gasteiger partial charge < -0.3 is 44.5 Å². The summed E-state index contributed by atoms with van der Waals surface area (Å²) in [6.45, 7) is 23.3. The quantitative estimate of drug-likeness (QED) is 0.110. The number of ether oxygens (including phenoxy) is 1. The Morgan fingerprint density at radius 2 is 1.03 bits per heavy atom. The molecule has 2 aliphatic heterocycles. The number of aryl methyl sites for hydroxylation is 2. The summed E-state index contributed by atoms with van der Waals surface area (Å²) in [4.78, 5) is 52.8. The van der Waals surface area contributed by atoms with Gasteiger partial charge >= 0.3 is 6.09 Å². The van der Waals surface area contributed by atoms with Crippen molar-refractivity contribution in [3.63, 3.8) is 0 Å².